The normalized spacial score (nSPS) is 16.5. The molecule has 66 valence electrons. The molecule has 0 saturated carbocycles. The molecule has 0 aliphatic rings. The monoisotopic (exact) mass is 163 g/mol. The highest BCUT2D eigenvalue weighted by atomic mass is 19.1. The molecule has 3 N–H and O–H groups in total. The predicted molar refractivity (Wildman–Crippen MR) is 40.0 cm³/mol. The summed E-state index contributed by atoms with van der Waals surface area (Å²) in [6.07, 6.45) is -1.23. The molecule has 11 heavy (non-hydrogen) atoms. The van der Waals surface area contributed by atoms with Crippen LogP contribution >= 0.6 is 0 Å². The van der Waals surface area contributed by atoms with Gasteiger partial charge in [0.25, 0.3) is 0 Å². The third-order valence-corrected chi connectivity index (χ3v) is 1.52. The molecule has 0 amide bonds. The van der Waals surface area contributed by atoms with Crippen LogP contribution in [0.1, 0.15) is 20.3 Å². The maximum absolute atomic E-state index is 12.8. The lowest BCUT2D eigenvalue weighted by molar-refractivity contribution is -0.139. The number of carboxylic acids is 1. The van der Waals surface area contributed by atoms with E-state index in [1.165, 1.54) is 0 Å². The van der Waals surface area contributed by atoms with E-state index in [1.807, 2.05) is 0 Å². The van der Waals surface area contributed by atoms with Gasteiger partial charge in [0.05, 0.1) is 0 Å². The number of rotatable bonds is 4. The molecule has 0 saturated heterocycles. The van der Waals surface area contributed by atoms with Crippen molar-refractivity contribution < 1.29 is 14.3 Å². The van der Waals surface area contributed by atoms with E-state index in [9.17, 15) is 9.18 Å². The van der Waals surface area contributed by atoms with E-state index in [2.05, 4.69) is 0 Å². The third-order valence-electron chi connectivity index (χ3n) is 1.52. The molecule has 0 bridgehead atoms. The summed E-state index contributed by atoms with van der Waals surface area (Å²) in [5.41, 5.74) is 5.12. The largest absolute Gasteiger partial charge is 0.480 e. The SMILES string of the molecule is CC(C)[C@H](F)C[C@@H](N)C(=O)O. The summed E-state index contributed by atoms with van der Waals surface area (Å²) in [7, 11) is 0. The summed E-state index contributed by atoms with van der Waals surface area (Å²) in [5, 5.41) is 8.32. The van der Waals surface area contributed by atoms with E-state index < -0.39 is 18.2 Å². The molecule has 0 rings (SSSR count). The van der Waals surface area contributed by atoms with Crippen LogP contribution in [-0.2, 0) is 4.79 Å². The summed E-state index contributed by atoms with van der Waals surface area (Å²) in [5.74, 6) is -1.31. The van der Waals surface area contributed by atoms with Crippen molar-refractivity contribution in [3.8, 4) is 0 Å². The number of nitrogens with two attached hydrogens (primary N) is 1. The van der Waals surface area contributed by atoms with Crippen LogP contribution in [0.25, 0.3) is 0 Å². The lowest BCUT2D eigenvalue weighted by Gasteiger charge is -2.13. The van der Waals surface area contributed by atoms with Crippen LogP contribution in [0.5, 0.6) is 0 Å². The van der Waals surface area contributed by atoms with Crippen LogP contribution in [0.4, 0.5) is 4.39 Å². The number of carboxylic acid groups (broad SMARTS) is 1. The van der Waals surface area contributed by atoms with Crippen LogP contribution < -0.4 is 5.73 Å². The molecule has 0 spiro atoms. The van der Waals surface area contributed by atoms with E-state index in [0.717, 1.165) is 0 Å². The molecule has 0 aromatic heterocycles. The van der Waals surface area contributed by atoms with Gasteiger partial charge in [-0.05, 0) is 5.92 Å². The second-order valence-electron chi connectivity index (χ2n) is 2.94. The van der Waals surface area contributed by atoms with Gasteiger partial charge in [-0.3, -0.25) is 4.79 Å². The standard InChI is InChI=1S/C7H14FNO2/c1-4(2)5(8)3-6(9)7(10)11/h4-6H,3,9H2,1-2H3,(H,10,11)/t5-,6-/m1/s1. The quantitative estimate of drug-likeness (QED) is 0.643. The van der Waals surface area contributed by atoms with Gasteiger partial charge in [-0.15, -0.1) is 0 Å². The van der Waals surface area contributed by atoms with Gasteiger partial charge < -0.3 is 10.8 Å². The Labute approximate surface area is 65.4 Å². The molecule has 0 fully saturated rings. The maximum atomic E-state index is 12.8. The minimum atomic E-state index is -1.15. The number of hydrogen-bond donors (Lipinski definition) is 2. The molecule has 0 aromatic rings. The van der Waals surface area contributed by atoms with Crippen LogP contribution in [0.2, 0.25) is 0 Å². The summed E-state index contributed by atoms with van der Waals surface area (Å²) in [6.45, 7) is 3.39. The maximum Gasteiger partial charge on any atom is 0.320 e. The lowest BCUT2D eigenvalue weighted by Crippen LogP contribution is -2.34. The highest BCUT2D eigenvalue weighted by Crippen LogP contribution is 2.11. The fourth-order valence-electron chi connectivity index (χ4n) is 0.616. The molecule has 0 heterocycles. The predicted octanol–water partition coefficient (Wildman–Crippen LogP) is 0.782. The van der Waals surface area contributed by atoms with Crippen molar-refractivity contribution in [2.75, 3.05) is 0 Å². The minimum absolute atomic E-state index is 0.104. The first-order valence-corrected chi connectivity index (χ1v) is 3.57. The molecule has 4 heteroatoms. The Bertz CT molecular complexity index is 138. The number of hydrogen-bond acceptors (Lipinski definition) is 2. The Kier molecular flexibility index (Phi) is 4.03. The number of carbonyl (C=O) groups is 1. The van der Waals surface area contributed by atoms with Gasteiger partial charge in [0.2, 0.25) is 0 Å². The summed E-state index contributed by atoms with van der Waals surface area (Å²) in [6, 6.07) is -1.08. The van der Waals surface area contributed by atoms with Crippen molar-refractivity contribution in [2.45, 2.75) is 32.5 Å². The van der Waals surface area contributed by atoms with Crippen LogP contribution in [0, 0.1) is 5.92 Å². The zero-order valence-corrected chi connectivity index (χ0v) is 6.75. The number of halogens is 1. The Morgan fingerprint density at radius 1 is 1.64 bits per heavy atom. The van der Waals surface area contributed by atoms with E-state index in [1.54, 1.807) is 13.8 Å². The second-order valence-corrected chi connectivity index (χ2v) is 2.94. The Hall–Kier alpha value is -0.640. The van der Waals surface area contributed by atoms with Gasteiger partial charge in [0.15, 0.2) is 0 Å². The van der Waals surface area contributed by atoms with Gasteiger partial charge >= 0.3 is 5.97 Å². The van der Waals surface area contributed by atoms with Gasteiger partial charge in [-0.1, -0.05) is 13.8 Å². The van der Waals surface area contributed by atoms with Crippen molar-refractivity contribution in [1.82, 2.24) is 0 Å². The molecule has 2 atom stereocenters. The van der Waals surface area contributed by atoms with Crippen molar-refractivity contribution in [2.24, 2.45) is 11.7 Å². The van der Waals surface area contributed by atoms with Crippen molar-refractivity contribution in [1.29, 1.82) is 0 Å². The number of aliphatic carboxylic acids is 1. The summed E-state index contributed by atoms with van der Waals surface area (Å²) >= 11 is 0. The molecular formula is C7H14FNO2. The second kappa shape index (κ2) is 4.28. The summed E-state index contributed by atoms with van der Waals surface area (Å²) < 4.78 is 12.8. The van der Waals surface area contributed by atoms with Gasteiger partial charge in [-0.25, -0.2) is 4.39 Å². The first-order chi connectivity index (χ1) is 4.95. The third kappa shape index (κ3) is 3.93. The first-order valence-electron chi connectivity index (χ1n) is 3.57. The van der Waals surface area contributed by atoms with Crippen LogP contribution in [0.15, 0.2) is 0 Å². The Morgan fingerprint density at radius 2 is 2.09 bits per heavy atom. The first kappa shape index (κ1) is 10.4. The molecule has 0 unspecified atom stereocenters. The van der Waals surface area contributed by atoms with Gasteiger partial charge in [0.1, 0.15) is 12.2 Å². The van der Waals surface area contributed by atoms with Crippen molar-refractivity contribution >= 4 is 5.97 Å². The Morgan fingerprint density at radius 3 is 2.36 bits per heavy atom. The highest BCUT2D eigenvalue weighted by Gasteiger charge is 2.20. The fraction of sp³-hybridized carbons (Fsp3) is 0.857. The zero-order chi connectivity index (χ0) is 9.02. The van der Waals surface area contributed by atoms with E-state index in [-0.39, 0.29) is 12.3 Å². The number of alkyl halides is 1. The Balaban J connectivity index is 3.75. The molecular weight excluding hydrogens is 149 g/mol. The topological polar surface area (TPSA) is 63.3 Å². The van der Waals surface area contributed by atoms with Crippen molar-refractivity contribution in [3.63, 3.8) is 0 Å². The van der Waals surface area contributed by atoms with Gasteiger partial charge in [0, 0.05) is 6.42 Å². The van der Waals surface area contributed by atoms with Crippen LogP contribution in [-0.4, -0.2) is 23.3 Å². The molecule has 0 aromatic carbocycles. The van der Waals surface area contributed by atoms with E-state index >= 15 is 0 Å². The van der Waals surface area contributed by atoms with E-state index in [4.69, 9.17) is 10.8 Å². The smallest absolute Gasteiger partial charge is 0.320 e. The highest BCUT2D eigenvalue weighted by molar-refractivity contribution is 5.73. The molecule has 0 aliphatic carbocycles. The average molecular weight is 163 g/mol. The average Bonchev–Trinajstić information content (AvgIpc) is 1.87. The van der Waals surface area contributed by atoms with E-state index in [0.29, 0.717) is 0 Å². The fourth-order valence-corrected chi connectivity index (χ4v) is 0.616. The molecule has 0 radical (unpaired) electrons. The van der Waals surface area contributed by atoms with Crippen molar-refractivity contribution in [3.05, 3.63) is 0 Å². The lowest BCUT2D eigenvalue weighted by atomic mass is 10.0. The molecule has 0 aliphatic heterocycles. The van der Waals surface area contributed by atoms with Gasteiger partial charge in [-0.2, -0.15) is 0 Å². The molecule has 3 nitrogen and oxygen atoms in total. The zero-order valence-electron chi connectivity index (χ0n) is 6.75. The summed E-state index contributed by atoms with van der Waals surface area (Å²) in [4.78, 5) is 10.2. The van der Waals surface area contributed by atoms with Crippen LogP contribution in [0.3, 0.4) is 0 Å². The minimum Gasteiger partial charge on any atom is -0.480 e.